The van der Waals surface area contributed by atoms with Gasteiger partial charge in [0.25, 0.3) is 0 Å². The van der Waals surface area contributed by atoms with E-state index in [-0.39, 0.29) is 23.7 Å². The molecular formula is C42H30FN3O. The van der Waals surface area contributed by atoms with E-state index in [0.29, 0.717) is 5.95 Å². The molecule has 3 atom stereocenters. The van der Waals surface area contributed by atoms with Crippen LogP contribution < -0.4 is 20.2 Å². The highest BCUT2D eigenvalue weighted by molar-refractivity contribution is 5.94. The first-order valence-electron chi connectivity index (χ1n) is 16.4. The number of fused-ring (bicyclic) bond motifs is 9. The Bertz CT molecular complexity index is 2400. The molecule has 0 N–H and O–H groups in total. The zero-order valence-corrected chi connectivity index (χ0v) is 25.6. The molecule has 4 nitrogen and oxygen atoms in total. The maximum absolute atomic E-state index is 14.0. The molecule has 5 aromatic rings. The molecule has 1 aromatic heterocycles. The Kier molecular flexibility index (Phi) is 5.80. The average molecular weight is 612 g/mol. The molecule has 2 aliphatic heterocycles. The van der Waals surface area contributed by atoms with Gasteiger partial charge in [-0.05, 0) is 77.6 Å². The molecule has 0 amide bonds. The fourth-order valence-corrected chi connectivity index (χ4v) is 8.12. The number of hydrogen-bond donors (Lipinski definition) is 0. The van der Waals surface area contributed by atoms with Gasteiger partial charge in [-0.1, -0.05) is 91.1 Å². The van der Waals surface area contributed by atoms with Gasteiger partial charge in [-0.2, -0.15) is 0 Å². The van der Waals surface area contributed by atoms with Gasteiger partial charge >= 0.3 is 0 Å². The smallest absolute Gasteiger partial charge is 0.231 e. The number of ether oxygens (including phenoxy) is 1. The molecule has 0 bridgehead atoms. The minimum atomic E-state index is -0.257. The summed E-state index contributed by atoms with van der Waals surface area (Å²) in [7, 11) is 0. The number of para-hydroxylation sites is 1. The summed E-state index contributed by atoms with van der Waals surface area (Å²) in [6, 6.07) is 28.1. The predicted molar refractivity (Wildman–Crippen MR) is 185 cm³/mol. The van der Waals surface area contributed by atoms with E-state index in [2.05, 4.69) is 102 Å². The second kappa shape index (κ2) is 10.2. The normalized spacial score (nSPS) is 21.6. The Balaban J connectivity index is 1.16. The SMILES string of the molecule is Fc1ccc(-c2nc(N3c4ccc5ccccc5c4C4C=C(C5=C6Oc7ccccc7C6CC=C5)C=CC43)nc3c2=CCCC=3)cc1. The second-order valence-corrected chi connectivity index (χ2v) is 12.9. The first-order chi connectivity index (χ1) is 23.2. The minimum absolute atomic E-state index is 0.0121. The van der Waals surface area contributed by atoms with Crippen molar-refractivity contribution in [2.75, 3.05) is 4.90 Å². The molecule has 0 radical (unpaired) electrons. The van der Waals surface area contributed by atoms with Gasteiger partial charge in [-0.3, -0.25) is 0 Å². The number of rotatable bonds is 3. The van der Waals surface area contributed by atoms with Gasteiger partial charge in [0, 0.05) is 39.4 Å². The molecule has 10 rings (SSSR count). The molecule has 0 saturated heterocycles. The van der Waals surface area contributed by atoms with E-state index in [1.807, 2.05) is 18.2 Å². The van der Waals surface area contributed by atoms with Gasteiger partial charge in [-0.15, -0.1) is 0 Å². The number of anilines is 2. The van der Waals surface area contributed by atoms with Crippen molar-refractivity contribution in [2.24, 2.45) is 0 Å². The van der Waals surface area contributed by atoms with Gasteiger partial charge in [0.2, 0.25) is 5.95 Å². The average Bonchev–Trinajstić information content (AvgIpc) is 3.67. The number of hydrogen-bond acceptors (Lipinski definition) is 4. The summed E-state index contributed by atoms with van der Waals surface area (Å²) < 4.78 is 20.5. The molecule has 226 valence electrons. The predicted octanol–water partition coefficient (Wildman–Crippen LogP) is 8.28. The van der Waals surface area contributed by atoms with Crippen molar-refractivity contribution in [3.63, 3.8) is 0 Å². The Hall–Kier alpha value is -5.55. The van der Waals surface area contributed by atoms with Crippen molar-refractivity contribution in [3.8, 4) is 17.0 Å². The third-order valence-electron chi connectivity index (χ3n) is 10.3. The summed E-state index contributed by atoms with van der Waals surface area (Å²) in [5.41, 5.74) is 7.72. The lowest BCUT2D eigenvalue weighted by Gasteiger charge is -2.29. The molecule has 4 aromatic carbocycles. The third kappa shape index (κ3) is 4.05. The van der Waals surface area contributed by atoms with Gasteiger partial charge in [0.15, 0.2) is 0 Å². The standard InChI is InChI=1S/C42H30FN3O/c43-28-20-16-26(17-21-28)40-33-11-3-5-14-35(33)44-42(45-40)46-36-22-19-27(24-34(36)39-29-9-2-1-8-25(29)18-23-37(39)46)30-12-7-13-32-31-10-4-6-15-38(31)47-41(30)32/h1-2,4,6-12,14-24,32,34,36H,3,5,13H2. The van der Waals surface area contributed by atoms with Crippen LogP contribution in [0, 0.1) is 5.82 Å². The molecule has 3 aliphatic carbocycles. The molecule has 0 saturated carbocycles. The van der Waals surface area contributed by atoms with E-state index in [4.69, 9.17) is 14.7 Å². The van der Waals surface area contributed by atoms with Crippen LogP contribution in [-0.4, -0.2) is 16.0 Å². The summed E-state index contributed by atoms with van der Waals surface area (Å²) in [6.07, 6.45) is 18.7. The maximum atomic E-state index is 14.0. The lowest BCUT2D eigenvalue weighted by atomic mass is 9.81. The fourth-order valence-electron chi connectivity index (χ4n) is 8.12. The van der Waals surface area contributed by atoms with Crippen LogP contribution in [0.3, 0.4) is 0 Å². The number of aromatic nitrogens is 2. The zero-order chi connectivity index (χ0) is 31.1. The zero-order valence-electron chi connectivity index (χ0n) is 25.6. The summed E-state index contributed by atoms with van der Waals surface area (Å²) in [6.45, 7) is 0. The molecule has 0 fully saturated rings. The van der Waals surface area contributed by atoms with Crippen LogP contribution >= 0.6 is 0 Å². The highest BCUT2D eigenvalue weighted by atomic mass is 19.1. The van der Waals surface area contributed by atoms with Crippen LogP contribution in [0.2, 0.25) is 0 Å². The Morgan fingerprint density at radius 1 is 0.830 bits per heavy atom. The van der Waals surface area contributed by atoms with E-state index in [1.165, 1.54) is 39.6 Å². The highest BCUT2D eigenvalue weighted by Crippen LogP contribution is 2.52. The monoisotopic (exact) mass is 611 g/mol. The van der Waals surface area contributed by atoms with Gasteiger partial charge in [-0.25, -0.2) is 14.4 Å². The molecular weight excluding hydrogens is 581 g/mol. The summed E-state index contributed by atoms with van der Waals surface area (Å²) in [4.78, 5) is 12.8. The Morgan fingerprint density at radius 3 is 2.62 bits per heavy atom. The van der Waals surface area contributed by atoms with Crippen molar-refractivity contribution in [1.29, 1.82) is 0 Å². The molecule has 3 heterocycles. The van der Waals surface area contributed by atoms with Crippen LogP contribution in [0.1, 0.15) is 42.2 Å². The fraction of sp³-hybridized carbons (Fsp3) is 0.143. The number of nitrogens with zero attached hydrogens (tertiary/aromatic N) is 3. The van der Waals surface area contributed by atoms with Gasteiger partial charge in [0.1, 0.15) is 17.3 Å². The molecule has 0 spiro atoms. The number of halogens is 1. The highest BCUT2D eigenvalue weighted by Gasteiger charge is 2.42. The van der Waals surface area contributed by atoms with E-state index in [9.17, 15) is 4.39 Å². The van der Waals surface area contributed by atoms with Crippen molar-refractivity contribution in [2.45, 2.75) is 37.1 Å². The quantitative estimate of drug-likeness (QED) is 0.206. The topological polar surface area (TPSA) is 38.2 Å². The van der Waals surface area contributed by atoms with E-state index < -0.39 is 0 Å². The Labute approximate surface area is 271 Å². The summed E-state index contributed by atoms with van der Waals surface area (Å²) >= 11 is 0. The Morgan fingerprint density at radius 2 is 1.68 bits per heavy atom. The molecule has 5 heteroatoms. The lowest BCUT2D eigenvalue weighted by Crippen LogP contribution is -2.38. The van der Waals surface area contributed by atoms with E-state index in [0.717, 1.165) is 63.9 Å². The van der Waals surface area contributed by atoms with Crippen LogP contribution in [0.4, 0.5) is 16.0 Å². The number of allylic oxidation sites excluding steroid dienone is 6. The molecule has 3 unspecified atom stereocenters. The van der Waals surface area contributed by atoms with Gasteiger partial charge in [0.05, 0.1) is 17.1 Å². The second-order valence-electron chi connectivity index (χ2n) is 12.9. The van der Waals surface area contributed by atoms with Crippen LogP contribution in [0.25, 0.3) is 34.2 Å². The minimum Gasteiger partial charge on any atom is -0.460 e. The number of benzene rings is 4. The third-order valence-corrected chi connectivity index (χ3v) is 10.3. The van der Waals surface area contributed by atoms with Crippen LogP contribution in [0.5, 0.6) is 5.75 Å². The van der Waals surface area contributed by atoms with Crippen LogP contribution in [0.15, 0.2) is 132 Å². The molecule has 5 aliphatic rings. The van der Waals surface area contributed by atoms with E-state index in [1.54, 1.807) is 0 Å². The largest absolute Gasteiger partial charge is 0.460 e. The van der Waals surface area contributed by atoms with Crippen molar-refractivity contribution in [3.05, 3.63) is 160 Å². The lowest BCUT2D eigenvalue weighted by molar-refractivity contribution is 0.420. The summed E-state index contributed by atoms with van der Waals surface area (Å²) in [5, 5.41) is 4.41. The van der Waals surface area contributed by atoms with Gasteiger partial charge < -0.3 is 9.64 Å². The first-order valence-corrected chi connectivity index (χ1v) is 16.4. The first kappa shape index (κ1) is 26.6. The van der Waals surface area contributed by atoms with Crippen LogP contribution in [-0.2, 0) is 0 Å². The van der Waals surface area contributed by atoms with E-state index >= 15 is 0 Å². The maximum Gasteiger partial charge on any atom is 0.231 e. The molecule has 47 heavy (non-hydrogen) atoms. The summed E-state index contributed by atoms with van der Waals surface area (Å²) in [5.74, 6) is 2.73. The van der Waals surface area contributed by atoms with Crippen molar-refractivity contribution in [1.82, 2.24) is 9.97 Å². The van der Waals surface area contributed by atoms with Crippen molar-refractivity contribution < 1.29 is 9.13 Å². The van der Waals surface area contributed by atoms with Crippen molar-refractivity contribution >= 4 is 34.6 Å².